The highest BCUT2D eigenvalue weighted by atomic mass is 16.5. The number of rotatable bonds is 18. The van der Waals surface area contributed by atoms with Crippen molar-refractivity contribution in [2.24, 2.45) is 0 Å². The summed E-state index contributed by atoms with van der Waals surface area (Å²) in [5.41, 5.74) is 4.17. The molecule has 0 bridgehead atoms. The Balaban J connectivity index is 1.08. The number of carbonyl (C=O) groups excluding carboxylic acids is 3. The van der Waals surface area contributed by atoms with E-state index in [0.29, 0.717) is 30.8 Å². The van der Waals surface area contributed by atoms with Crippen molar-refractivity contribution in [3.8, 4) is 29.1 Å². The van der Waals surface area contributed by atoms with Gasteiger partial charge in [0.25, 0.3) is 5.91 Å². The van der Waals surface area contributed by atoms with E-state index in [9.17, 15) is 14.9 Å². The highest BCUT2D eigenvalue weighted by Gasteiger charge is 2.34. The number of ketones is 1. The number of hydrogen-bond donors (Lipinski definition) is 1. The van der Waals surface area contributed by atoms with Gasteiger partial charge in [-0.1, -0.05) is 127 Å². The van der Waals surface area contributed by atoms with Crippen molar-refractivity contribution in [1.29, 1.82) is 5.26 Å². The Morgan fingerprint density at radius 3 is 1.52 bits per heavy atom. The number of nitrogens with zero attached hydrogens (tertiary/aromatic N) is 1. The van der Waals surface area contributed by atoms with Crippen molar-refractivity contribution in [3.63, 3.8) is 0 Å². The van der Waals surface area contributed by atoms with Gasteiger partial charge in [0.1, 0.15) is 67.2 Å². The first-order chi connectivity index (χ1) is 31.9. The lowest BCUT2D eigenvalue weighted by molar-refractivity contribution is 0.0249. The number of esters is 1. The number of nitriles is 1. The van der Waals surface area contributed by atoms with Gasteiger partial charge in [0.05, 0.1) is 22.7 Å². The van der Waals surface area contributed by atoms with E-state index in [1.54, 1.807) is 42.5 Å². The van der Waals surface area contributed by atoms with Crippen LogP contribution in [0.3, 0.4) is 0 Å². The van der Waals surface area contributed by atoms with Gasteiger partial charge in [0, 0.05) is 5.56 Å². The molecular formula is C55H46N2O8. The number of ether oxygens (including phenoxy) is 5. The fraction of sp³-hybridized carbons (Fsp3) is 0.164. The average Bonchev–Trinajstić information content (AvgIpc) is 3.80. The lowest BCUT2D eigenvalue weighted by atomic mass is 9.95. The normalized spacial score (nSPS) is 14.1. The smallest absolute Gasteiger partial charge is 0.338 e. The summed E-state index contributed by atoms with van der Waals surface area (Å²) in [5, 5.41) is 13.4. The molecule has 1 fully saturated rings. The van der Waals surface area contributed by atoms with Gasteiger partial charge < -0.3 is 29.0 Å². The highest BCUT2D eigenvalue weighted by molar-refractivity contribution is 6.16. The average molecular weight is 863 g/mol. The SMILES string of the molecule is N#Cc1cccc(OCc2ccccc2)c1C(=O)c1c(OCc2ccccc2)cc(C(=O)O[C@@H]2CCC[C@H]2NC(=O)c2ccc(OCc3ccccc3)cc2)cc1OCc1ccccc1. The highest BCUT2D eigenvalue weighted by Crippen LogP contribution is 2.38. The monoisotopic (exact) mass is 862 g/mol. The summed E-state index contributed by atoms with van der Waals surface area (Å²) in [6.07, 6.45) is 1.24. The van der Waals surface area contributed by atoms with Gasteiger partial charge in [-0.25, -0.2) is 4.79 Å². The molecule has 7 aromatic carbocycles. The number of benzene rings is 7. The lowest BCUT2D eigenvalue weighted by Crippen LogP contribution is -2.42. The maximum Gasteiger partial charge on any atom is 0.338 e. The van der Waals surface area contributed by atoms with Gasteiger partial charge in [-0.3, -0.25) is 9.59 Å². The summed E-state index contributed by atoms with van der Waals surface area (Å²) < 4.78 is 31.1. The van der Waals surface area contributed by atoms with Crippen molar-refractivity contribution < 1.29 is 38.1 Å². The molecule has 0 spiro atoms. The number of amides is 1. The fourth-order valence-corrected chi connectivity index (χ4v) is 7.60. The van der Waals surface area contributed by atoms with Crippen molar-refractivity contribution >= 4 is 17.7 Å². The van der Waals surface area contributed by atoms with Gasteiger partial charge in [-0.05, 0) is 90.0 Å². The Bertz CT molecular complexity index is 2690. The quantitative estimate of drug-likeness (QED) is 0.0661. The second kappa shape index (κ2) is 21.3. The molecule has 1 aliphatic carbocycles. The van der Waals surface area contributed by atoms with Crippen molar-refractivity contribution in [3.05, 3.63) is 226 Å². The van der Waals surface area contributed by atoms with Crippen LogP contribution in [-0.2, 0) is 31.2 Å². The Morgan fingerprint density at radius 1 is 0.523 bits per heavy atom. The topological polar surface area (TPSA) is 133 Å². The van der Waals surface area contributed by atoms with E-state index in [4.69, 9.17) is 23.7 Å². The van der Waals surface area contributed by atoms with Gasteiger partial charge in [-0.15, -0.1) is 0 Å². The Hall–Kier alpha value is -8.16. The zero-order valence-electron chi connectivity index (χ0n) is 35.6. The molecule has 324 valence electrons. The van der Waals surface area contributed by atoms with E-state index in [-0.39, 0.29) is 65.2 Å². The first kappa shape index (κ1) is 43.5. The predicted octanol–water partition coefficient (Wildman–Crippen LogP) is 10.6. The molecular weight excluding hydrogens is 817 g/mol. The van der Waals surface area contributed by atoms with E-state index < -0.39 is 23.9 Å². The van der Waals surface area contributed by atoms with Crippen LogP contribution in [0.15, 0.2) is 176 Å². The third-order valence-corrected chi connectivity index (χ3v) is 11.0. The van der Waals surface area contributed by atoms with Crippen molar-refractivity contribution in [2.45, 2.75) is 57.8 Å². The molecule has 1 N–H and O–H groups in total. The van der Waals surface area contributed by atoms with E-state index in [2.05, 4.69) is 11.4 Å². The predicted molar refractivity (Wildman–Crippen MR) is 245 cm³/mol. The fourth-order valence-electron chi connectivity index (χ4n) is 7.60. The molecule has 7 aromatic rings. The largest absolute Gasteiger partial charge is 0.489 e. The first-order valence-corrected chi connectivity index (χ1v) is 21.5. The molecule has 0 aliphatic heterocycles. The molecule has 10 nitrogen and oxygen atoms in total. The molecule has 0 aromatic heterocycles. The molecule has 2 atom stereocenters. The third kappa shape index (κ3) is 11.3. The number of hydrogen-bond acceptors (Lipinski definition) is 9. The van der Waals surface area contributed by atoms with Crippen LogP contribution in [0.1, 0.15) is 83.7 Å². The van der Waals surface area contributed by atoms with Gasteiger partial charge in [-0.2, -0.15) is 5.26 Å². The van der Waals surface area contributed by atoms with Crippen LogP contribution < -0.4 is 24.3 Å². The molecule has 0 radical (unpaired) electrons. The summed E-state index contributed by atoms with van der Waals surface area (Å²) in [6.45, 7) is 0.647. The van der Waals surface area contributed by atoms with Crippen LogP contribution in [0.5, 0.6) is 23.0 Å². The summed E-state index contributed by atoms with van der Waals surface area (Å²) in [5.74, 6) is -0.647. The zero-order valence-corrected chi connectivity index (χ0v) is 35.6. The second-order valence-corrected chi connectivity index (χ2v) is 15.5. The summed E-state index contributed by atoms with van der Waals surface area (Å²) in [6, 6.07) is 54.6. The van der Waals surface area contributed by atoms with Crippen molar-refractivity contribution in [2.75, 3.05) is 0 Å². The molecule has 1 amide bonds. The molecule has 0 heterocycles. The van der Waals surface area contributed by atoms with Crippen LogP contribution >= 0.6 is 0 Å². The van der Waals surface area contributed by atoms with Gasteiger partial charge in [0.2, 0.25) is 5.78 Å². The van der Waals surface area contributed by atoms with E-state index >= 15 is 4.79 Å². The van der Waals surface area contributed by atoms with Crippen LogP contribution in [0.25, 0.3) is 0 Å². The summed E-state index contributed by atoms with van der Waals surface area (Å²) in [4.78, 5) is 42.8. The summed E-state index contributed by atoms with van der Waals surface area (Å²) >= 11 is 0. The Kier molecular flexibility index (Phi) is 14.2. The van der Waals surface area contributed by atoms with E-state index in [0.717, 1.165) is 28.7 Å². The standard InChI is InChI=1S/C55H46N2O8/c56-33-43-23-13-26-48(62-35-39-17-7-2-8-18-39)51(43)53(58)52-49(63-36-40-19-9-3-10-20-40)31-44(32-50(52)64-37-41-21-11-4-12-22-41)55(60)65-47-25-14-24-46(47)57-54(59)42-27-29-45(30-28-42)61-34-38-15-5-1-6-16-38/h1-13,15-23,26-32,46-47H,14,24-25,34-37H2,(H,57,59)/t46-,47-/m1/s1. The Morgan fingerprint density at radius 2 is 1.02 bits per heavy atom. The maximum absolute atomic E-state index is 15.1. The Labute approximate surface area is 378 Å². The minimum Gasteiger partial charge on any atom is -0.489 e. The molecule has 1 saturated carbocycles. The second-order valence-electron chi connectivity index (χ2n) is 15.5. The molecule has 1 aliphatic rings. The van der Waals surface area contributed by atoms with Crippen molar-refractivity contribution in [1.82, 2.24) is 5.32 Å². The molecule has 0 unspecified atom stereocenters. The van der Waals surface area contributed by atoms with Crippen LogP contribution in [0, 0.1) is 11.3 Å². The molecule has 65 heavy (non-hydrogen) atoms. The lowest BCUT2D eigenvalue weighted by Gasteiger charge is -2.23. The first-order valence-electron chi connectivity index (χ1n) is 21.5. The van der Waals surface area contributed by atoms with Gasteiger partial charge in [0.15, 0.2) is 0 Å². The summed E-state index contributed by atoms with van der Waals surface area (Å²) in [7, 11) is 0. The molecule has 8 rings (SSSR count). The van der Waals surface area contributed by atoms with E-state index in [1.165, 1.54) is 12.1 Å². The van der Waals surface area contributed by atoms with Crippen LogP contribution in [0.4, 0.5) is 0 Å². The third-order valence-electron chi connectivity index (χ3n) is 11.0. The zero-order chi connectivity index (χ0) is 44.8. The minimum atomic E-state index is -0.687. The molecule has 10 heteroatoms. The number of nitrogens with one attached hydrogen (secondary N) is 1. The van der Waals surface area contributed by atoms with Gasteiger partial charge >= 0.3 is 5.97 Å². The maximum atomic E-state index is 15.1. The molecule has 0 saturated heterocycles. The number of carbonyl (C=O) groups is 3. The van der Waals surface area contributed by atoms with Crippen LogP contribution in [-0.4, -0.2) is 29.8 Å². The van der Waals surface area contributed by atoms with Crippen LogP contribution in [0.2, 0.25) is 0 Å². The minimum absolute atomic E-state index is 0.00293. The van der Waals surface area contributed by atoms with E-state index in [1.807, 2.05) is 121 Å².